The largest absolute Gasteiger partial charge is 0.345 e. The summed E-state index contributed by atoms with van der Waals surface area (Å²) in [5, 5.41) is 3.39. The number of carbonyl (C=O) groups is 1. The fourth-order valence-electron chi connectivity index (χ4n) is 2.47. The molecule has 0 saturated carbocycles. The van der Waals surface area contributed by atoms with Gasteiger partial charge in [-0.15, -0.1) is 0 Å². The Hall–Kier alpha value is -2.95. The maximum atomic E-state index is 12.3. The third-order valence-corrected chi connectivity index (χ3v) is 3.76. The van der Waals surface area contributed by atoms with Crippen molar-refractivity contribution in [3.63, 3.8) is 0 Å². The molecule has 0 aliphatic carbocycles. The number of nitrogens with zero attached hydrogens (tertiary/aromatic N) is 2. The lowest BCUT2D eigenvalue weighted by atomic mass is 10.1. The van der Waals surface area contributed by atoms with Gasteiger partial charge in [-0.2, -0.15) is 0 Å². The zero-order valence-electron chi connectivity index (χ0n) is 13.0. The lowest BCUT2D eigenvalue weighted by Gasteiger charge is -2.10. The van der Waals surface area contributed by atoms with Crippen LogP contribution in [0.3, 0.4) is 0 Å². The topological polar surface area (TPSA) is 64.0 Å². The number of benzene rings is 2. The molecule has 1 heterocycles. The van der Waals surface area contributed by atoms with Crippen LogP contribution in [0.2, 0.25) is 0 Å². The van der Waals surface area contributed by atoms with Gasteiger partial charge in [0, 0.05) is 12.6 Å². The molecule has 0 unspecified atom stereocenters. The molecule has 0 radical (unpaired) electrons. The smallest absolute Gasteiger partial charge is 0.261 e. The SMILES string of the molecule is Cc1cccc(C(=O)NCc2nc3ccccc3c(=O)n2C)c1. The summed E-state index contributed by atoms with van der Waals surface area (Å²) in [5.41, 5.74) is 2.13. The molecular weight excluding hydrogens is 290 g/mol. The summed E-state index contributed by atoms with van der Waals surface area (Å²) in [7, 11) is 1.66. The van der Waals surface area contributed by atoms with E-state index < -0.39 is 0 Å². The number of rotatable bonds is 3. The molecule has 1 amide bonds. The van der Waals surface area contributed by atoms with E-state index in [0.717, 1.165) is 5.56 Å². The summed E-state index contributed by atoms with van der Waals surface area (Å²) < 4.78 is 1.47. The Morgan fingerprint density at radius 3 is 2.74 bits per heavy atom. The average Bonchev–Trinajstić information content (AvgIpc) is 2.56. The molecule has 0 saturated heterocycles. The number of fused-ring (bicyclic) bond motifs is 1. The molecule has 0 aliphatic rings. The standard InChI is InChI=1S/C18H17N3O2/c1-12-6-5-7-13(10-12)17(22)19-11-16-20-15-9-4-3-8-14(15)18(23)21(16)2/h3-10H,11H2,1-2H3,(H,19,22). The van der Waals surface area contributed by atoms with Crippen LogP contribution in [0.25, 0.3) is 10.9 Å². The monoisotopic (exact) mass is 307 g/mol. The Labute approximate surface area is 133 Å². The number of hydrogen-bond donors (Lipinski definition) is 1. The van der Waals surface area contributed by atoms with Crippen molar-refractivity contribution in [3.8, 4) is 0 Å². The van der Waals surface area contributed by atoms with Crippen LogP contribution in [0.1, 0.15) is 21.7 Å². The molecule has 3 rings (SSSR count). The number of aromatic nitrogens is 2. The second kappa shape index (κ2) is 6.04. The predicted molar refractivity (Wildman–Crippen MR) is 89.3 cm³/mol. The van der Waals surface area contributed by atoms with E-state index in [9.17, 15) is 9.59 Å². The molecule has 5 heteroatoms. The fourth-order valence-corrected chi connectivity index (χ4v) is 2.47. The summed E-state index contributed by atoms with van der Waals surface area (Å²) in [6.45, 7) is 2.13. The molecule has 1 aromatic heterocycles. The lowest BCUT2D eigenvalue weighted by Crippen LogP contribution is -2.29. The highest BCUT2D eigenvalue weighted by molar-refractivity contribution is 5.94. The van der Waals surface area contributed by atoms with Gasteiger partial charge in [-0.1, -0.05) is 29.8 Å². The second-order valence-electron chi connectivity index (χ2n) is 5.46. The quantitative estimate of drug-likeness (QED) is 0.806. The van der Waals surface area contributed by atoms with Gasteiger partial charge in [-0.05, 0) is 31.2 Å². The number of hydrogen-bond acceptors (Lipinski definition) is 3. The number of carbonyl (C=O) groups excluding carboxylic acids is 1. The first-order chi connectivity index (χ1) is 11.1. The minimum Gasteiger partial charge on any atom is -0.345 e. The third kappa shape index (κ3) is 2.99. The van der Waals surface area contributed by atoms with Gasteiger partial charge >= 0.3 is 0 Å². The third-order valence-electron chi connectivity index (χ3n) is 3.76. The molecular formula is C18H17N3O2. The molecule has 0 fully saturated rings. The van der Waals surface area contributed by atoms with Gasteiger partial charge in [-0.3, -0.25) is 14.2 Å². The van der Waals surface area contributed by atoms with E-state index >= 15 is 0 Å². The molecule has 0 spiro atoms. The number of aryl methyl sites for hydroxylation is 1. The van der Waals surface area contributed by atoms with Gasteiger partial charge in [0.05, 0.1) is 17.4 Å². The number of amides is 1. The van der Waals surface area contributed by atoms with Gasteiger partial charge < -0.3 is 5.32 Å². The Balaban J connectivity index is 1.86. The number of para-hydroxylation sites is 1. The van der Waals surface area contributed by atoms with Crippen LogP contribution in [0.4, 0.5) is 0 Å². The molecule has 3 aromatic rings. The van der Waals surface area contributed by atoms with Crippen LogP contribution >= 0.6 is 0 Å². The Morgan fingerprint density at radius 2 is 1.96 bits per heavy atom. The molecule has 1 N–H and O–H groups in total. The predicted octanol–water partition coefficient (Wildman–Crippen LogP) is 2.17. The van der Waals surface area contributed by atoms with E-state index in [1.165, 1.54) is 4.57 Å². The first-order valence-electron chi connectivity index (χ1n) is 7.36. The summed E-state index contributed by atoms with van der Waals surface area (Å²) in [6.07, 6.45) is 0. The maximum Gasteiger partial charge on any atom is 0.261 e. The van der Waals surface area contributed by atoms with Crippen molar-refractivity contribution in [3.05, 3.63) is 75.8 Å². The van der Waals surface area contributed by atoms with Gasteiger partial charge in [0.25, 0.3) is 11.5 Å². The minimum absolute atomic E-state index is 0.115. The van der Waals surface area contributed by atoms with Crippen molar-refractivity contribution in [2.24, 2.45) is 7.05 Å². The zero-order valence-corrected chi connectivity index (χ0v) is 13.0. The summed E-state index contributed by atoms with van der Waals surface area (Å²) >= 11 is 0. The van der Waals surface area contributed by atoms with Gasteiger partial charge in [0.15, 0.2) is 0 Å². The summed E-state index contributed by atoms with van der Waals surface area (Å²) in [5.74, 6) is 0.339. The highest BCUT2D eigenvalue weighted by Gasteiger charge is 2.10. The fraction of sp³-hybridized carbons (Fsp3) is 0.167. The summed E-state index contributed by atoms with van der Waals surface area (Å²) in [6, 6.07) is 14.5. The molecule has 0 bridgehead atoms. The van der Waals surface area contributed by atoms with Crippen molar-refractivity contribution < 1.29 is 4.79 Å². The average molecular weight is 307 g/mol. The van der Waals surface area contributed by atoms with E-state index in [1.54, 1.807) is 25.2 Å². The molecule has 0 atom stereocenters. The lowest BCUT2D eigenvalue weighted by molar-refractivity contribution is 0.0949. The van der Waals surface area contributed by atoms with E-state index in [2.05, 4.69) is 10.3 Å². The maximum absolute atomic E-state index is 12.3. The normalized spacial score (nSPS) is 10.7. The molecule has 116 valence electrons. The van der Waals surface area contributed by atoms with E-state index in [-0.39, 0.29) is 18.0 Å². The molecule has 2 aromatic carbocycles. The van der Waals surface area contributed by atoms with Crippen LogP contribution < -0.4 is 10.9 Å². The van der Waals surface area contributed by atoms with Crippen LogP contribution in [-0.4, -0.2) is 15.5 Å². The Kier molecular flexibility index (Phi) is 3.93. The first kappa shape index (κ1) is 15.0. The van der Waals surface area contributed by atoms with E-state index in [4.69, 9.17) is 0 Å². The van der Waals surface area contributed by atoms with Gasteiger partial charge in [-0.25, -0.2) is 4.98 Å². The van der Waals surface area contributed by atoms with Crippen LogP contribution in [0.15, 0.2) is 53.3 Å². The van der Waals surface area contributed by atoms with Gasteiger partial charge in [0.1, 0.15) is 5.82 Å². The Morgan fingerprint density at radius 1 is 1.17 bits per heavy atom. The summed E-state index contributed by atoms with van der Waals surface area (Å²) in [4.78, 5) is 29.0. The first-order valence-corrected chi connectivity index (χ1v) is 7.36. The zero-order chi connectivity index (χ0) is 16.4. The van der Waals surface area contributed by atoms with Gasteiger partial charge in [0.2, 0.25) is 0 Å². The van der Waals surface area contributed by atoms with Crippen LogP contribution in [-0.2, 0) is 13.6 Å². The number of nitrogens with one attached hydrogen (secondary N) is 1. The second-order valence-corrected chi connectivity index (χ2v) is 5.46. The van der Waals surface area contributed by atoms with Crippen LogP contribution in [0, 0.1) is 6.92 Å². The highest BCUT2D eigenvalue weighted by Crippen LogP contribution is 2.08. The minimum atomic E-state index is -0.184. The molecule has 5 nitrogen and oxygen atoms in total. The van der Waals surface area contributed by atoms with Crippen LogP contribution in [0.5, 0.6) is 0 Å². The Bertz CT molecular complexity index is 944. The van der Waals surface area contributed by atoms with Crippen molar-refractivity contribution in [1.82, 2.24) is 14.9 Å². The van der Waals surface area contributed by atoms with Crippen molar-refractivity contribution in [2.75, 3.05) is 0 Å². The van der Waals surface area contributed by atoms with E-state index in [0.29, 0.717) is 22.3 Å². The highest BCUT2D eigenvalue weighted by atomic mass is 16.1. The van der Waals surface area contributed by atoms with Crippen molar-refractivity contribution >= 4 is 16.8 Å². The van der Waals surface area contributed by atoms with Crippen molar-refractivity contribution in [2.45, 2.75) is 13.5 Å². The van der Waals surface area contributed by atoms with Crippen molar-refractivity contribution in [1.29, 1.82) is 0 Å². The molecule has 23 heavy (non-hydrogen) atoms. The van der Waals surface area contributed by atoms with E-state index in [1.807, 2.05) is 37.3 Å². The molecule has 0 aliphatic heterocycles.